The number of esters is 1. The van der Waals surface area contributed by atoms with Gasteiger partial charge in [-0.3, -0.25) is 4.79 Å². The predicted molar refractivity (Wildman–Crippen MR) is 81.2 cm³/mol. The van der Waals surface area contributed by atoms with E-state index in [0.717, 1.165) is 6.07 Å². The van der Waals surface area contributed by atoms with E-state index < -0.39 is 41.2 Å². The number of carbonyl (C=O) groups excluding carboxylic acids is 2. The Morgan fingerprint density at radius 1 is 1.24 bits per heavy atom. The number of ether oxygens (including phenoxy) is 1. The van der Waals surface area contributed by atoms with Crippen molar-refractivity contribution in [3.8, 4) is 0 Å². The van der Waals surface area contributed by atoms with Crippen LogP contribution >= 0.6 is 0 Å². The highest BCUT2D eigenvalue weighted by molar-refractivity contribution is 7.89. The van der Waals surface area contributed by atoms with Crippen LogP contribution in [-0.2, 0) is 19.6 Å². The van der Waals surface area contributed by atoms with E-state index in [1.54, 1.807) is 13.8 Å². The summed E-state index contributed by atoms with van der Waals surface area (Å²) in [6.07, 6.45) is -4.58. The van der Waals surface area contributed by atoms with Crippen LogP contribution in [-0.4, -0.2) is 45.7 Å². The minimum absolute atomic E-state index is 0.157. The molecule has 1 aromatic rings. The lowest BCUT2D eigenvalue weighted by atomic mass is 10.2. The first-order valence-corrected chi connectivity index (χ1v) is 8.52. The van der Waals surface area contributed by atoms with Crippen LogP contribution in [0.5, 0.6) is 0 Å². The van der Waals surface area contributed by atoms with Gasteiger partial charge in [0.25, 0.3) is 5.91 Å². The summed E-state index contributed by atoms with van der Waals surface area (Å²) in [5.41, 5.74) is -0.157. The molecule has 0 radical (unpaired) electrons. The highest BCUT2D eigenvalue weighted by Crippen LogP contribution is 2.14. The first-order chi connectivity index (χ1) is 11.4. The molecule has 25 heavy (non-hydrogen) atoms. The summed E-state index contributed by atoms with van der Waals surface area (Å²) < 4.78 is 66.8. The van der Waals surface area contributed by atoms with Gasteiger partial charge in [-0.15, -0.1) is 0 Å². The van der Waals surface area contributed by atoms with Crippen LogP contribution in [0.2, 0.25) is 0 Å². The molecule has 11 heteroatoms. The second-order valence-electron chi connectivity index (χ2n) is 5.27. The first kappa shape index (κ1) is 20.9. The van der Waals surface area contributed by atoms with Gasteiger partial charge in [-0.05, 0) is 32.0 Å². The Morgan fingerprint density at radius 3 is 2.44 bits per heavy atom. The summed E-state index contributed by atoms with van der Waals surface area (Å²) in [6, 6.07) is 4.50. The maximum Gasteiger partial charge on any atom is 0.405 e. The number of alkyl halides is 3. The van der Waals surface area contributed by atoms with Crippen molar-refractivity contribution in [1.82, 2.24) is 10.0 Å². The van der Waals surface area contributed by atoms with Gasteiger partial charge >= 0.3 is 12.1 Å². The minimum Gasteiger partial charge on any atom is -0.452 e. The van der Waals surface area contributed by atoms with E-state index in [0.29, 0.717) is 0 Å². The largest absolute Gasteiger partial charge is 0.452 e. The molecule has 0 aliphatic carbocycles. The number of hydrogen-bond donors (Lipinski definition) is 2. The molecule has 1 aromatic carbocycles. The van der Waals surface area contributed by atoms with Gasteiger partial charge in [0.15, 0.2) is 6.61 Å². The average Bonchev–Trinajstić information content (AvgIpc) is 2.48. The van der Waals surface area contributed by atoms with Crippen LogP contribution in [0.1, 0.15) is 24.2 Å². The quantitative estimate of drug-likeness (QED) is 0.691. The topological polar surface area (TPSA) is 102 Å². The summed E-state index contributed by atoms with van der Waals surface area (Å²) in [4.78, 5) is 22.8. The van der Waals surface area contributed by atoms with E-state index in [4.69, 9.17) is 0 Å². The molecule has 0 saturated heterocycles. The SMILES string of the molecule is CC(C)NS(=O)(=O)c1cccc(C(=O)OCC(=O)NCC(F)(F)F)c1. The number of benzene rings is 1. The lowest BCUT2D eigenvalue weighted by molar-refractivity contribution is -0.140. The molecule has 0 bridgehead atoms. The van der Waals surface area contributed by atoms with E-state index in [1.165, 1.54) is 23.5 Å². The third-order valence-corrected chi connectivity index (χ3v) is 4.25. The van der Waals surface area contributed by atoms with E-state index in [2.05, 4.69) is 9.46 Å². The lowest BCUT2D eigenvalue weighted by Gasteiger charge is -2.11. The Morgan fingerprint density at radius 2 is 1.88 bits per heavy atom. The number of hydrogen-bond acceptors (Lipinski definition) is 5. The summed E-state index contributed by atoms with van der Waals surface area (Å²) in [5, 5.41) is 1.54. The maximum atomic E-state index is 12.0. The van der Waals surface area contributed by atoms with Crippen LogP contribution in [0.25, 0.3) is 0 Å². The molecular weight excluding hydrogens is 365 g/mol. The van der Waals surface area contributed by atoms with Crippen molar-refractivity contribution in [2.24, 2.45) is 0 Å². The molecular formula is C14H17F3N2O5S. The Labute approximate surface area is 142 Å². The van der Waals surface area contributed by atoms with Crippen molar-refractivity contribution in [3.63, 3.8) is 0 Å². The maximum absolute atomic E-state index is 12.0. The fourth-order valence-corrected chi connectivity index (χ4v) is 2.93. The smallest absolute Gasteiger partial charge is 0.405 e. The van der Waals surface area contributed by atoms with Crippen molar-refractivity contribution < 1.29 is 35.9 Å². The average molecular weight is 382 g/mol. The van der Waals surface area contributed by atoms with Gasteiger partial charge in [-0.1, -0.05) is 6.07 Å². The van der Waals surface area contributed by atoms with Crippen LogP contribution in [0, 0.1) is 0 Å². The van der Waals surface area contributed by atoms with Gasteiger partial charge in [0, 0.05) is 6.04 Å². The zero-order valence-electron chi connectivity index (χ0n) is 13.4. The molecule has 140 valence electrons. The van der Waals surface area contributed by atoms with Crippen LogP contribution in [0.4, 0.5) is 13.2 Å². The van der Waals surface area contributed by atoms with Gasteiger partial charge in [0.2, 0.25) is 10.0 Å². The molecule has 7 nitrogen and oxygen atoms in total. The first-order valence-electron chi connectivity index (χ1n) is 7.03. The van der Waals surface area contributed by atoms with Crippen LogP contribution in [0.15, 0.2) is 29.2 Å². The molecule has 0 aliphatic heterocycles. The number of amides is 1. The number of sulfonamides is 1. The molecule has 0 unspecified atom stereocenters. The molecule has 0 heterocycles. The van der Waals surface area contributed by atoms with Gasteiger partial charge in [0.1, 0.15) is 6.54 Å². The summed E-state index contributed by atoms with van der Waals surface area (Å²) in [7, 11) is -3.83. The van der Waals surface area contributed by atoms with Crippen molar-refractivity contribution in [3.05, 3.63) is 29.8 Å². The van der Waals surface area contributed by atoms with Crippen molar-refractivity contribution in [2.45, 2.75) is 31.0 Å². The van der Waals surface area contributed by atoms with Gasteiger partial charge < -0.3 is 10.1 Å². The summed E-state index contributed by atoms with van der Waals surface area (Å²) >= 11 is 0. The standard InChI is InChI=1S/C14H17F3N2O5S/c1-9(2)19-25(22,23)11-5-3-4-10(6-11)13(21)24-7-12(20)18-8-14(15,16)17/h3-6,9,19H,7-8H2,1-2H3,(H,18,20). The molecule has 0 aromatic heterocycles. The Hall–Kier alpha value is -2.14. The Bertz CT molecular complexity index is 732. The molecule has 1 rings (SSSR count). The molecule has 0 atom stereocenters. The van der Waals surface area contributed by atoms with Crippen molar-refractivity contribution in [1.29, 1.82) is 0 Å². The fraction of sp³-hybridized carbons (Fsp3) is 0.429. The fourth-order valence-electron chi connectivity index (χ4n) is 1.63. The third kappa shape index (κ3) is 7.52. The Balaban J connectivity index is 2.71. The number of nitrogens with one attached hydrogen (secondary N) is 2. The monoisotopic (exact) mass is 382 g/mol. The van der Waals surface area contributed by atoms with E-state index in [1.807, 2.05) is 0 Å². The molecule has 0 fully saturated rings. The summed E-state index contributed by atoms with van der Waals surface area (Å²) in [5.74, 6) is -2.17. The second-order valence-corrected chi connectivity index (χ2v) is 6.99. The van der Waals surface area contributed by atoms with E-state index in [9.17, 15) is 31.2 Å². The van der Waals surface area contributed by atoms with Crippen LogP contribution < -0.4 is 10.0 Å². The minimum atomic E-state index is -4.58. The number of rotatable bonds is 7. The molecule has 2 N–H and O–H groups in total. The summed E-state index contributed by atoms with van der Waals surface area (Å²) in [6.45, 7) is 0.776. The normalized spacial score (nSPS) is 12.1. The highest BCUT2D eigenvalue weighted by Gasteiger charge is 2.28. The van der Waals surface area contributed by atoms with Crippen molar-refractivity contribution in [2.75, 3.05) is 13.2 Å². The van der Waals surface area contributed by atoms with Crippen molar-refractivity contribution >= 4 is 21.9 Å². The zero-order valence-corrected chi connectivity index (χ0v) is 14.2. The van der Waals surface area contributed by atoms with Crippen LogP contribution in [0.3, 0.4) is 0 Å². The van der Waals surface area contributed by atoms with Gasteiger partial charge in [-0.2, -0.15) is 13.2 Å². The lowest BCUT2D eigenvalue weighted by Crippen LogP contribution is -2.36. The molecule has 1 amide bonds. The predicted octanol–water partition coefficient (Wildman–Crippen LogP) is 1.21. The van der Waals surface area contributed by atoms with E-state index in [-0.39, 0.29) is 16.5 Å². The zero-order chi connectivity index (χ0) is 19.3. The Kier molecular flexibility index (Phi) is 6.94. The molecule has 0 saturated carbocycles. The third-order valence-electron chi connectivity index (χ3n) is 2.59. The number of halogens is 3. The molecule has 0 aliphatic rings. The molecule has 0 spiro atoms. The number of carbonyl (C=O) groups is 2. The van der Waals surface area contributed by atoms with E-state index >= 15 is 0 Å². The van der Waals surface area contributed by atoms with Gasteiger partial charge in [-0.25, -0.2) is 17.9 Å². The highest BCUT2D eigenvalue weighted by atomic mass is 32.2. The second kappa shape index (κ2) is 8.30. The van der Waals surface area contributed by atoms with Gasteiger partial charge in [0.05, 0.1) is 10.5 Å².